The van der Waals surface area contributed by atoms with Gasteiger partial charge in [0.1, 0.15) is 5.52 Å². The van der Waals surface area contributed by atoms with E-state index >= 15 is 0 Å². The van der Waals surface area contributed by atoms with Crippen LogP contribution in [0.5, 0.6) is 0 Å². The molecule has 2 aromatic rings. The van der Waals surface area contributed by atoms with E-state index in [1.807, 2.05) is 37.1 Å². The summed E-state index contributed by atoms with van der Waals surface area (Å²) in [5.41, 5.74) is 1.51. The number of anilines is 1. The van der Waals surface area contributed by atoms with E-state index < -0.39 is 5.60 Å². The molecule has 0 radical (unpaired) electrons. The van der Waals surface area contributed by atoms with Gasteiger partial charge in [0.15, 0.2) is 5.82 Å². The minimum atomic E-state index is -0.533. The molecule has 0 bridgehead atoms. The van der Waals surface area contributed by atoms with Gasteiger partial charge in [0.25, 0.3) is 0 Å². The SMILES string of the molecule is Cn1cnc2c(N3CCC(C)(O)CC3)nccc21. The first-order chi connectivity index (χ1) is 8.57. The summed E-state index contributed by atoms with van der Waals surface area (Å²) in [6.45, 7) is 3.56. The Morgan fingerprint density at radius 3 is 2.72 bits per heavy atom. The first-order valence-corrected chi connectivity index (χ1v) is 6.30. The molecule has 0 atom stereocenters. The molecule has 3 heterocycles. The Morgan fingerprint density at radius 2 is 2.00 bits per heavy atom. The largest absolute Gasteiger partial charge is 0.390 e. The van der Waals surface area contributed by atoms with Crippen molar-refractivity contribution in [1.29, 1.82) is 0 Å². The summed E-state index contributed by atoms with van der Waals surface area (Å²) < 4.78 is 2.00. The molecule has 5 nitrogen and oxygen atoms in total. The van der Waals surface area contributed by atoms with Crippen LogP contribution in [0, 0.1) is 0 Å². The molecule has 3 rings (SSSR count). The van der Waals surface area contributed by atoms with E-state index in [0.29, 0.717) is 0 Å². The van der Waals surface area contributed by atoms with Gasteiger partial charge in [0.2, 0.25) is 0 Å². The van der Waals surface area contributed by atoms with Gasteiger partial charge in [-0.05, 0) is 25.8 Å². The van der Waals surface area contributed by atoms with Crippen LogP contribution in [-0.2, 0) is 7.05 Å². The van der Waals surface area contributed by atoms with E-state index in [2.05, 4.69) is 14.9 Å². The molecule has 1 N–H and O–H groups in total. The summed E-state index contributed by atoms with van der Waals surface area (Å²) in [7, 11) is 1.99. The molecule has 1 aliphatic heterocycles. The molecule has 0 aliphatic carbocycles. The van der Waals surface area contributed by atoms with E-state index in [0.717, 1.165) is 42.8 Å². The molecule has 96 valence electrons. The van der Waals surface area contributed by atoms with Crippen molar-refractivity contribution in [1.82, 2.24) is 14.5 Å². The van der Waals surface area contributed by atoms with Gasteiger partial charge in [-0.3, -0.25) is 0 Å². The first-order valence-electron chi connectivity index (χ1n) is 6.30. The molecular formula is C13H18N4O. The average molecular weight is 246 g/mol. The van der Waals surface area contributed by atoms with E-state index in [9.17, 15) is 5.11 Å². The Labute approximate surface area is 106 Å². The van der Waals surface area contributed by atoms with Crippen LogP contribution >= 0.6 is 0 Å². The molecule has 0 spiro atoms. The van der Waals surface area contributed by atoms with E-state index in [1.165, 1.54) is 0 Å². The number of nitrogens with zero attached hydrogens (tertiary/aromatic N) is 4. The summed E-state index contributed by atoms with van der Waals surface area (Å²) in [5.74, 6) is 0.934. The van der Waals surface area contributed by atoms with Crippen molar-refractivity contribution < 1.29 is 5.11 Å². The van der Waals surface area contributed by atoms with Crippen molar-refractivity contribution in [2.24, 2.45) is 7.05 Å². The maximum Gasteiger partial charge on any atom is 0.156 e. The van der Waals surface area contributed by atoms with E-state index in [4.69, 9.17) is 0 Å². The second kappa shape index (κ2) is 3.95. The van der Waals surface area contributed by atoms with Crippen LogP contribution in [-0.4, -0.2) is 38.3 Å². The van der Waals surface area contributed by atoms with Gasteiger partial charge in [-0.15, -0.1) is 0 Å². The topological polar surface area (TPSA) is 54.2 Å². The van der Waals surface area contributed by atoms with Crippen LogP contribution < -0.4 is 4.90 Å². The minimum absolute atomic E-state index is 0.533. The monoisotopic (exact) mass is 246 g/mol. The van der Waals surface area contributed by atoms with Crippen LogP contribution in [0.2, 0.25) is 0 Å². The number of rotatable bonds is 1. The number of piperidine rings is 1. The molecule has 2 aromatic heterocycles. The Morgan fingerprint density at radius 1 is 1.28 bits per heavy atom. The third kappa shape index (κ3) is 1.84. The fraction of sp³-hybridized carbons (Fsp3) is 0.538. The maximum absolute atomic E-state index is 9.99. The summed E-state index contributed by atoms with van der Waals surface area (Å²) in [6.07, 6.45) is 5.19. The predicted octanol–water partition coefficient (Wildman–Crippen LogP) is 1.32. The Hall–Kier alpha value is -1.62. The third-order valence-electron chi connectivity index (χ3n) is 3.76. The Bertz CT molecular complexity index is 565. The number of fused-ring (bicyclic) bond motifs is 1. The van der Waals surface area contributed by atoms with Crippen LogP contribution in [0.3, 0.4) is 0 Å². The lowest BCUT2D eigenvalue weighted by Gasteiger charge is -2.36. The van der Waals surface area contributed by atoms with Crippen LogP contribution in [0.15, 0.2) is 18.6 Å². The van der Waals surface area contributed by atoms with Crippen molar-refractivity contribution in [3.8, 4) is 0 Å². The lowest BCUT2D eigenvalue weighted by molar-refractivity contribution is 0.0350. The number of hydrogen-bond donors (Lipinski definition) is 1. The van der Waals surface area contributed by atoms with Gasteiger partial charge >= 0.3 is 0 Å². The van der Waals surface area contributed by atoms with Crippen molar-refractivity contribution in [3.63, 3.8) is 0 Å². The molecular weight excluding hydrogens is 228 g/mol. The Balaban J connectivity index is 1.95. The summed E-state index contributed by atoms with van der Waals surface area (Å²) >= 11 is 0. The number of imidazole rings is 1. The van der Waals surface area contributed by atoms with Crippen molar-refractivity contribution in [2.75, 3.05) is 18.0 Å². The van der Waals surface area contributed by atoms with Crippen molar-refractivity contribution in [3.05, 3.63) is 18.6 Å². The predicted molar refractivity (Wildman–Crippen MR) is 70.6 cm³/mol. The molecule has 0 unspecified atom stereocenters. The number of aryl methyl sites for hydroxylation is 1. The highest BCUT2D eigenvalue weighted by Crippen LogP contribution is 2.28. The van der Waals surface area contributed by atoms with Crippen LogP contribution in [0.25, 0.3) is 11.0 Å². The van der Waals surface area contributed by atoms with E-state index in [-0.39, 0.29) is 0 Å². The average Bonchev–Trinajstić information content (AvgIpc) is 2.72. The smallest absolute Gasteiger partial charge is 0.156 e. The van der Waals surface area contributed by atoms with Gasteiger partial charge in [0, 0.05) is 26.3 Å². The summed E-state index contributed by atoms with van der Waals surface area (Å²) in [5, 5.41) is 9.99. The fourth-order valence-corrected chi connectivity index (χ4v) is 2.48. The minimum Gasteiger partial charge on any atom is -0.390 e. The number of aromatic nitrogens is 3. The zero-order valence-electron chi connectivity index (χ0n) is 10.8. The molecule has 0 aromatic carbocycles. The standard InChI is InChI=1S/C13H18N4O/c1-13(18)4-7-17(8-5-13)12-11-10(3-6-14-12)16(2)9-15-11/h3,6,9,18H,4-5,7-8H2,1-2H3. The quantitative estimate of drug-likeness (QED) is 0.824. The Kier molecular flexibility index (Phi) is 2.52. The van der Waals surface area contributed by atoms with Crippen LogP contribution in [0.4, 0.5) is 5.82 Å². The van der Waals surface area contributed by atoms with Gasteiger partial charge < -0.3 is 14.6 Å². The molecule has 18 heavy (non-hydrogen) atoms. The zero-order valence-corrected chi connectivity index (χ0v) is 10.8. The van der Waals surface area contributed by atoms with Crippen molar-refractivity contribution >= 4 is 16.9 Å². The highest BCUT2D eigenvalue weighted by Gasteiger charge is 2.28. The molecule has 1 fully saturated rings. The number of aliphatic hydroxyl groups is 1. The van der Waals surface area contributed by atoms with Gasteiger partial charge in [0.05, 0.1) is 17.4 Å². The summed E-state index contributed by atoms with van der Waals surface area (Å²) in [6, 6.07) is 1.98. The lowest BCUT2D eigenvalue weighted by atomic mass is 9.94. The molecule has 0 amide bonds. The van der Waals surface area contributed by atoms with Gasteiger partial charge in [-0.2, -0.15) is 0 Å². The van der Waals surface area contributed by atoms with E-state index in [1.54, 1.807) is 0 Å². The lowest BCUT2D eigenvalue weighted by Crippen LogP contribution is -2.42. The second-order valence-electron chi connectivity index (χ2n) is 5.34. The first kappa shape index (κ1) is 11.5. The number of pyridine rings is 1. The molecule has 0 saturated carbocycles. The highest BCUT2D eigenvalue weighted by atomic mass is 16.3. The number of hydrogen-bond acceptors (Lipinski definition) is 4. The van der Waals surface area contributed by atoms with Gasteiger partial charge in [-0.1, -0.05) is 0 Å². The zero-order chi connectivity index (χ0) is 12.8. The van der Waals surface area contributed by atoms with Crippen LogP contribution in [0.1, 0.15) is 19.8 Å². The third-order valence-corrected chi connectivity index (χ3v) is 3.76. The van der Waals surface area contributed by atoms with Crippen molar-refractivity contribution in [2.45, 2.75) is 25.4 Å². The second-order valence-corrected chi connectivity index (χ2v) is 5.34. The molecule has 1 aliphatic rings. The van der Waals surface area contributed by atoms with Gasteiger partial charge in [-0.25, -0.2) is 9.97 Å². The highest BCUT2D eigenvalue weighted by molar-refractivity contribution is 5.86. The molecule has 5 heteroatoms. The maximum atomic E-state index is 9.99. The fourth-order valence-electron chi connectivity index (χ4n) is 2.48. The summed E-state index contributed by atoms with van der Waals surface area (Å²) in [4.78, 5) is 11.1. The normalized spacial score (nSPS) is 19.4. The molecule has 1 saturated heterocycles.